The van der Waals surface area contributed by atoms with Crippen LogP contribution in [0.25, 0.3) is 0 Å². The maximum absolute atomic E-state index is 10.5. The van der Waals surface area contributed by atoms with E-state index in [4.69, 9.17) is 0 Å². The smallest absolute Gasteiger partial charge is 0.306 e. The summed E-state index contributed by atoms with van der Waals surface area (Å²) in [5.74, 6) is 0.756. The van der Waals surface area contributed by atoms with Crippen molar-refractivity contribution in [2.24, 2.45) is 7.05 Å². The molecule has 10 nitrogen and oxygen atoms in total. The van der Waals surface area contributed by atoms with Gasteiger partial charge in [-0.15, -0.1) is 10.2 Å². The van der Waals surface area contributed by atoms with E-state index in [2.05, 4.69) is 20.6 Å². The van der Waals surface area contributed by atoms with Gasteiger partial charge in [0, 0.05) is 13.6 Å². The Kier molecular flexibility index (Phi) is 4.38. The van der Waals surface area contributed by atoms with Crippen LogP contribution < -0.4 is 5.32 Å². The summed E-state index contributed by atoms with van der Waals surface area (Å²) in [7, 11) is 1.83. The summed E-state index contributed by atoms with van der Waals surface area (Å²) in [5.41, 5.74) is -0.0933. The third-order valence-electron chi connectivity index (χ3n) is 2.70. The predicted octanol–water partition coefficient (Wildman–Crippen LogP) is -0.929. The number of aromatic nitrogens is 5. The number of rotatable bonds is 7. The van der Waals surface area contributed by atoms with Crippen molar-refractivity contribution in [1.82, 2.24) is 29.9 Å². The standard InChI is InChI=1S/C10H15N7O3/c1-15-7-12-14-10(15)4-11-3-9(18)6-16-5-8(2-13-16)17(19)20/h2,5,7,9,11,18H,3-4,6H2,1H3. The minimum atomic E-state index is -0.706. The van der Waals surface area contributed by atoms with Crippen LogP contribution in [0.3, 0.4) is 0 Å². The van der Waals surface area contributed by atoms with E-state index in [1.807, 2.05) is 7.05 Å². The monoisotopic (exact) mass is 281 g/mol. The first-order valence-electron chi connectivity index (χ1n) is 5.94. The van der Waals surface area contributed by atoms with Gasteiger partial charge in [-0.25, -0.2) is 0 Å². The van der Waals surface area contributed by atoms with Crippen molar-refractivity contribution in [3.8, 4) is 0 Å². The van der Waals surface area contributed by atoms with Gasteiger partial charge in [0.2, 0.25) is 0 Å². The Bertz CT molecular complexity index is 579. The van der Waals surface area contributed by atoms with Crippen molar-refractivity contribution in [2.45, 2.75) is 19.2 Å². The zero-order valence-electron chi connectivity index (χ0n) is 10.9. The normalized spacial score (nSPS) is 12.5. The van der Waals surface area contributed by atoms with Crippen LogP contribution in [-0.4, -0.2) is 47.2 Å². The highest BCUT2D eigenvalue weighted by Gasteiger charge is 2.12. The molecule has 0 fully saturated rings. The first kappa shape index (κ1) is 14.1. The lowest BCUT2D eigenvalue weighted by atomic mass is 10.3. The second kappa shape index (κ2) is 6.21. The number of aryl methyl sites for hydroxylation is 1. The van der Waals surface area contributed by atoms with E-state index < -0.39 is 11.0 Å². The summed E-state index contributed by atoms with van der Waals surface area (Å²) < 4.78 is 3.11. The molecule has 0 aliphatic rings. The predicted molar refractivity (Wildman–Crippen MR) is 67.6 cm³/mol. The lowest BCUT2D eigenvalue weighted by molar-refractivity contribution is -0.385. The number of nitrogens with one attached hydrogen (secondary N) is 1. The Labute approximate surface area is 114 Å². The van der Waals surface area contributed by atoms with Crippen molar-refractivity contribution < 1.29 is 10.0 Å². The molecule has 0 radical (unpaired) electrons. The Morgan fingerprint density at radius 2 is 2.40 bits per heavy atom. The topological polar surface area (TPSA) is 124 Å². The fraction of sp³-hybridized carbons (Fsp3) is 0.500. The molecule has 1 unspecified atom stereocenters. The van der Waals surface area contributed by atoms with Gasteiger partial charge in [-0.3, -0.25) is 14.8 Å². The molecule has 0 saturated heterocycles. The summed E-state index contributed by atoms with van der Waals surface area (Å²) >= 11 is 0. The van der Waals surface area contributed by atoms with E-state index in [1.54, 1.807) is 10.9 Å². The van der Waals surface area contributed by atoms with Crippen LogP contribution >= 0.6 is 0 Å². The summed E-state index contributed by atoms with van der Waals surface area (Å²) in [6.07, 6.45) is 3.32. The average Bonchev–Trinajstić information content (AvgIpc) is 2.99. The van der Waals surface area contributed by atoms with E-state index in [0.29, 0.717) is 13.1 Å². The van der Waals surface area contributed by atoms with Crippen LogP contribution in [0.5, 0.6) is 0 Å². The van der Waals surface area contributed by atoms with Crippen LogP contribution in [0.15, 0.2) is 18.7 Å². The molecule has 0 aliphatic heterocycles. The summed E-state index contributed by atoms with van der Waals surface area (Å²) in [4.78, 5) is 9.97. The van der Waals surface area contributed by atoms with E-state index in [0.717, 1.165) is 12.0 Å². The van der Waals surface area contributed by atoms with Gasteiger partial charge in [-0.2, -0.15) is 5.10 Å². The third kappa shape index (κ3) is 3.59. The SMILES string of the molecule is Cn1cnnc1CNCC(O)Cn1cc([N+](=O)[O-])cn1. The van der Waals surface area contributed by atoms with Crippen LogP contribution in [0, 0.1) is 10.1 Å². The molecular weight excluding hydrogens is 266 g/mol. The van der Waals surface area contributed by atoms with Gasteiger partial charge in [0.25, 0.3) is 0 Å². The molecule has 2 aromatic rings. The molecule has 0 aromatic carbocycles. The highest BCUT2D eigenvalue weighted by molar-refractivity contribution is 5.20. The molecule has 2 aromatic heterocycles. The summed E-state index contributed by atoms with van der Waals surface area (Å²) in [6, 6.07) is 0. The maximum atomic E-state index is 10.5. The average molecular weight is 281 g/mol. The molecule has 2 heterocycles. The molecule has 1 atom stereocenters. The lowest BCUT2D eigenvalue weighted by Crippen LogP contribution is -2.30. The second-order valence-corrected chi connectivity index (χ2v) is 4.32. The number of aliphatic hydroxyl groups is 1. The van der Waals surface area contributed by atoms with Crippen LogP contribution in [0.1, 0.15) is 5.82 Å². The van der Waals surface area contributed by atoms with Crippen LogP contribution in [0.4, 0.5) is 5.69 Å². The molecule has 108 valence electrons. The van der Waals surface area contributed by atoms with Crippen molar-refractivity contribution in [3.63, 3.8) is 0 Å². The Morgan fingerprint density at radius 1 is 1.60 bits per heavy atom. The minimum absolute atomic E-state index is 0.0933. The molecule has 0 amide bonds. The molecular formula is C10H15N7O3. The number of hydrogen-bond acceptors (Lipinski definition) is 7. The number of nitro groups is 1. The molecule has 2 N–H and O–H groups in total. The molecule has 10 heteroatoms. The molecule has 0 aliphatic carbocycles. The Morgan fingerprint density at radius 3 is 3.00 bits per heavy atom. The number of nitrogens with zero attached hydrogens (tertiary/aromatic N) is 6. The van der Waals surface area contributed by atoms with Gasteiger partial charge in [0.05, 0.1) is 24.1 Å². The van der Waals surface area contributed by atoms with Crippen molar-refractivity contribution in [2.75, 3.05) is 6.54 Å². The molecule has 20 heavy (non-hydrogen) atoms. The minimum Gasteiger partial charge on any atom is -0.390 e. The van der Waals surface area contributed by atoms with Crippen LogP contribution in [-0.2, 0) is 20.1 Å². The Hall–Kier alpha value is -2.33. The first-order valence-corrected chi connectivity index (χ1v) is 5.94. The molecule has 2 rings (SSSR count). The fourth-order valence-electron chi connectivity index (χ4n) is 1.65. The summed E-state index contributed by atoms with van der Waals surface area (Å²) in [5, 5.41) is 34.8. The Balaban J connectivity index is 1.76. The maximum Gasteiger partial charge on any atom is 0.306 e. The van der Waals surface area contributed by atoms with Crippen molar-refractivity contribution in [1.29, 1.82) is 0 Å². The van der Waals surface area contributed by atoms with Crippen LogP contribution in [0.2, 0.25) is 0 Å². The largest absolute Gasteiger partial charge is 0.390 e. The van der Waals surface area contributed by atoms with E-state index in [9.17, 15) is 15.2 Å². The van der Waals surface area contributed by atoms with E-state index in [1.165, 1.54) is 10.9 Å². The highest BCUT2D eigenvalue weighted by Crippen LogP contribution is 2.07. The van der Waals surface area contributed by atoms with Crippen molar-refractivity contribution in [3.05, 3.63) is 34.7 Å². The highest BCUT2D eigenvalue weighted by atomic mass is 16.6. The zero-order valence-corrected chi connectivity index (χ0v) is 10.9. The molecule has 0 spiro atoms. The van der Waals surface area contributed by atoms with E-state index >= 15 is 0 Å². The van der Waals surface area contributed by atoms with Gasteiger partial charge in [0.15, 0.2) is 0 Å². The lowest BCUT2D eigenvalue weighted by Gasteiger charge is -2.11. The van der Waals surface area contributed by atoms with Gasteiger partial charge < -0.3 is 15.0 Å². The van der Waals surface area contributed by atoms with Gasteiger partial charge in [0.1, 0.15) is 24.5 Å². The van der Waals surface area contributed by atoms with E-state index in [-0.39, 0.29) is 12.2 Å². The van der Waals surface area contributed by atoms with Crippen molar-refractivity contribution >= 4 is 5.69 Å². The first-order chi connectivity index (χ1) is 9.56. The third-order valence-corrected chi connectivity index (χ3v) is 2.70. The molecule has 0 bridgehead atoms. The second-order valence-electron chi connectivity index (χ2n) is 4.32. The zero-order chi connectivity index (χ0) is 14.5. The summed E-state index contributed by atoms with van der Waals surface area (Å²) in [6.45, 7) is 0.979. The fourth-order valence-corrected chi connectivity index (χ4v) is 1.65. The van der Waals surface area contributed by atoms with Gasteiger partial charge in [-0.05, 0) is 0 Å². The molecule has 0 saturated carbocycles. The van der Waals surface area contributed by atoms with Gasteiger partial charge in [-0.1, -0.05) is 0 Å². The number of hydrogen-bond donors (Lipinski definition) is 2. The van der Waals surface area contributed by atoms with Gasteiger partial charge >= 0.3 is 5.69 Å². The number of aliphatic hydroxyl groups excluding tert-OH is 1. The quantitative estimate of drug-likeness (QED) is 0.496.